The van der Waals surface area contributed by atoms with Crippen LogP contribution < -0.4 is 0 Å². The summed E-state index contributed by atoms with van der Waals surface area (Å²) in [5, 5.41) is 17.7. The summed E-state index contributed by atoms with van der Waals surface area (Å²) in [4.78, 5) is 0. The van der Waals surface area contributed by atoms with Gasteiger partial charge in [-0.15, -0.1) is 0 Å². The van der Waals surface area contributed by atoms with E-state index in [9.17, 15) is 4.39 Å². The molecule has 0 amide bonds. The number of halogens is 3. The molecule has 2 nitrogen and oxygen atoms in total. The summed E-state index contributed by atoms with van der Waals surface area (Å²) >= 11 is 6.02. The predicted molar refractivity (Wildman–Crippen MR) is 49.0 cm³/mol. The van der Waals surface area contributed by atoms with Crippen molar-refractivity contribution in [1.82, 2.24) is 0 Å². The molecule has 0 fully saturated rings. The predicted octanol–water partition coefficient (Wildman–Crippen LogP) is 2.33. The van der Waals surface area contributed by atoms with Crippen LogP contribution >= 0.6 is 31.9 Å². The van der Waals surface area contributed by atoms with E-state index >= 15 is 0 Å². The van der Waals surface area contributed by atoms with E-state index in [1.54, 1.807) is 0 Å². The lowest BCUT2D eigenvalue weighted by Gasteiger charge is -2.08. The maximum absolute atomic E-state index is 12.6. The number of hydrogen-bond donors (Lipinski definition) is 2. The molecule has 0 spiro atoms. The molecule has 5 heteroatoms. The van der Waals surface area contributed by atoms with Crippen LogP contribution in [-0.4, -0.2) is 10.2 Å². The Bertz CT molecular complexity index is 278. The highest BCUT2D eigenvalue weighted by Gasteiger charge is 2.13. The maximum Gasteiger partial charge on any atom is 0.180 e. The second-order valence-electron chi connectivity index (χ2n) is 2.16. The fourth-order valence-electron chi connectivity index (χ4n) is 0.800. The van der Waals surface area contributed by atoms with Gasteiger partial charge in [-0.2, -0.15) is 0 Å². The Morgan fingerprint density at radius 3 is 1.92 bits per heavy atom. The minimum Gasteiger partial charge on any atom is -0.364 e. The lowest BCUT2D eigenvalue weighted by atomic mass is 10.2. The van der Waals surface area contributed by atoms with Crippen molar-refractivity contribution in [3.63, 3.8) is 0 Å². The second-order valence-corrected chi connectivity index (χ2v) is 3.87. The first kappa shape index (κ1) is 10.1. The molecule has 1 aromatic carbocycles. The van der Waals surface area contributed by atoms with Gasteiger partial charge in [-0.3, -0.25) is 0 Å². The van der Waals surface area contributed by atoms with Crippen molar-refractivity contribution < 1.29 is 14.6 Å². The van der Waals surface area contributed by atoms with Crippen LogP contribution in [0.1, 0.15) is 11.9 Å². The van der Waals surface area contributed by atoms with Crippen molar-refractivity contribution >= 4 is 31.9 Å². The molecular formula is C7H5Br2FO2. The number of hydrogen-bond acceptors (Lipinski definition) is 2. The van der Waals surface area contributed by atoms with Gasteiger partial charge in [0.25, 0.3) is 0 Å². The van der Waals surface area contributed by atoms with Gasteiger partial charge in [0.05, 0.1) is 0 Å². The van der Waals surface area contributed by atoms with Gasteiger partial charge >= 0.3 is 0 Å². The Morgan fingerprint density at radius 1 is 1.17 bits per heavy atom. The normalized spacial score (nSPS) is 10.8. The zero-order chi connectivity index (χ0) is 9.30. The summed E-state index contributed by atoms with van der Waals surface area (Å²) in [5.74, 6) is -0.446. The lowest BCUT2D eigenvalue weighted by molar-refractivity contribution is -0.0436. The van der Waals surface area contributed by atoms with Gasteiger partial charge in [0.1, 0.15) is 5.82 Å². The van der Waals surface area contributed by atoms with E-state index in [4.69, 9.17) is 10.2 Å². The van der Waals surface area contributed by atoms with E-state index < -0.39 is 12.1 Å². The first-order valence-electron chi connectivity index (χ1n) is 3.03. The number of aliphatic hydroxyl groups excluding tert-OH is 1. The van der Waals surface area contributed by atoms with Crippen LogP contribution in [0.2, 0.25) is 0 Å². The molecule has 0 saturated heterocycles. The Hall–Kier alpha value is 0.0300. The molecule has 0 aromatic heterocycles. The molecule has 0 saturated carbocycles. The van der Waals surface area contributed by atoms with Crippen LogP contribution in [-0.2, 0) is 0 Å². The standard InChI is InChI=1S/C7H5Br2FO2/c8-4-1-3(10)2-5(9)6(4)7(11)12/h1-2,7,11-12H. The van der Waals surface area contributed by atoms with Crippen LogP contribution in [0.15, 0.2) is 21.1 Å². The average Bonchev–Trinajstić information content (AvgIpc) is 1.82. The molecule has 0 unspecified atom stereocenters. The number of rotatable bonds is 1. The number of benzene rings is 1. The van der Waals surface area contributed by atoms with Crippen molar-refractivity contribution in [2.75, 3.05) is 0 Å². The van der Waals surface area contributed by atoms with Gasteiger partial charge in [-0.05, 0) is 12.1 Å². The third-order valence-corrected chi connectivity index (χ3v) is 2.61. The van der Waals surface area contributed by atoms with E-state index in [-0.39, 0.29) is 5.56 Å². The van der Waals surface area contributed by atoms with E-state index in [2.05, 4.69) is 31.9 Å². The molecule has 0 atom stereocenters. The van der Waals surface area contributed by atoms with Crippen molar-refractivity contribution in [2.45, 2.75) is 6.29 Å². The van der Waals surface area contributed by atoms with Crippen LogP contribution in [0.25, 0.3) is 0 Å². The van der Waals surface area contributed by atoms with E-state index in [0.29, 0.717) is 8.95 Å². The molecule has 0 heterocycles. The Morgan fingerprint density at radius 2 is 1.58 bits per heavy atom. The maximum atomic E-state index is 12.6. The SMILES string of the molecule is OC(O)c1c(Br)cc(F)cc1Br. The summed E-state index contributed by atoms with van der Waals surface area (Å²) in [5.41, 5.74) is 0.219. The van der Waals surface area contributed by atoms with Gasteiger partial charge < -0.3 is 10.2 Å². The molecule has 1 rings (SSSR count). The van der Waals surface area contributed by atoms with Gasteiger partial charge in [0.2, 0.25) is 0 Å². The van der Waals surface area contributed by atoms with Crippen molar-refractivity contribution in [3.8, 4) is 0 Å². The van der Waals surface area contributed by atoms with Gasteiger partial charge in [-0.1, -0.05) is 31.9 Å². The number of aliphatic hydroxyl groups is 2. The van der Waals surface area contributed by atoms with E-state index in [1.807, 2.05) is 0 Å². The average molecular weight is 300 g/mol. The molecule has 0 aliphatic rings. The van der Waals surface area contributed by atoms with E-state index in [0.717, 1.165) is 0 Å². The Labute approximate surface area is 85.3 Å². The topological polar surface area (TPSA) is 40.5 Å². The summed E-state index contributed by atoms with van der Waals surface area (Å²) in [7, 11) is 0. The van der Waals surface area contributed by atoms with Crippen LogP contribution in [0.4, 0.5) is 4.39 Å². The van der Waals surface area contributed by atoms with Gasteiger partial charge in [-0.25, -0.2) is 4.39 Å². The lowest BCUT2D eigenvalue weighted by Crippen LogP contribution is -1.98. The monoisotopic (exact) mass is 298 g/mol. The third kappa shape index (κ3) is 2.04. The minimum atomic E-state index is -1.62. The molecule has 66 valence electrons. The van der Waals surface area contributed by atoms with Crippen LogP contribution in [0.3, 0.4) is 0 Å². The fraction of sp³-hybridized carbons (Fsp3) is 0.143. The van der Waals surface area contributed by atoms with E-state index in [1.165, 1.54) is 12.1 Å². The summed E-state index contributed by atoms with van der Waals surface area (Å²) in [6.45, 7) is 0. The summed E-state index contributed by atoms with van der Waals surface area (Å²) in [6.07, 6.45) is -1.62. The first-order valence-corrected chi connectivity index (χ1v) is 4.61. The van der Waals surface area contributed by atoms with Crippen molar-refractivity contribution in [2.24, 2.45) is 0 Å². The molecule has 12 heavy (non-hydrogen) atoms. The van der Waals surface area contributed by atoms with Gasteiger partial charge in [0, 0.05) is 14.5 Å². The molecular weight excluding hydrogens is 295 g/mol. The molecule has 0 radical (unpaired) electrons. The van der Waals surface area contributed by atoms with Crippen molar-refractivity contribution in [3.05, 3.63) is 32.5 Å². The molecule has 2 N–H and O–H groups in total. The summed E-state index contributed by atoms with van der Waals surface area (Å²) in [6, 6.07) is 2.33. The minimum absolute atomic E-state index is 0.219. The highest BCUT2D eigenvalue weighted by atomic mass is 79.9. The highest BCUT2D eigenvalue weighted by Crippen LogP contribution is 2.30. The van der Waals surface area contributed by atoms with Crippen molar-refractivity contribution in [1.29, 1.82) is 0 Å². The molecule has 0 aliphatic carbocycles. The second kappa shape index (κ2) is 3.83. The Balaban J connectivity index is 3.28. The first-order chi connectivity index (χ1) is 5.52. The zero-order valence-corrected chi connectivity index (χ0v) is 8.93. The van der Waals surface area contributed by atoms with Crippen LogP contribution in [0, 0.1) is 5.82 Å². The fourth-order valence-corrected chi connectivity index (χ4v) is 2.34. The smallest absolute Gasteiger partial charge is 0.180 e. The highest BCUT2D eigenvalue weighted by molar-refractivity contribution is 9.11. The molecule has 0 bridgehead atoms. The summed E-state index contributed by atoms with van der Waals surface area (Å²) < 4.78 is 13.3. The van der Waals surface area contributed by atoms with Crippen LogP contribution in [0.5, 0.6) is 0 Å². The molecule has 0 aliphatic heterocycles. The van der Waals surface area contributed by atoms with Gasteiger partial charge in [0.15, 0.2) is 6.29 Å². The quantitative estimate of drug-likeness (QED) is 0.782. The molecule has 1 aromatic rings. The largest absolute Gasteiger partial charge is 0.364 e. The Kier molecular flexibility index (Phi) is 3.22. The third-order valence-electron chi connectivity index (χ3n) is 1.30. The zero-order valence-electron chi connectivity index (χ0n) is 5.76.